The molecule has 2 aliphatic rings. The van der Waals surface area contributed by atoms with Crippen LogP contribution >= 0.6 is 0 Å². The zero-order valence-corrected chi connectivity index (χ0v) is 7.49. The van der Waals surface area contributed by atoms with Crippen molar-refractivity contribution in [2.24, 2.45) is 5.92 Å². The van der Waals surface area contributed by atoms with Crippen molar-refractivity contribution in [1.29, 1.82) is 0 Å². The van der Waals surface area contributed by atoms with Crippen molar-refractivity contribution in [3.05, 3.63) is 23.7 Å². The van der Waals surface area contributed by atoms with Crippen LogP contribution in [-0.2, 0) is 9.53 Å². The number of aliphatic hydroxyl groups is 1. The molecule has 0 radical (unpaired) electrons. The van der Waals surface area contributed by atoms with Crippen molar-refractivity contribution >= 4 is 5.78 Å². The van der Waals surface area contributed by atoms with E-state index in [0.717, 1.165) is 0 Å². The van der Waals surface area contributed by atoms with E-state index in [4.69, 9.17) is 4.74 Å². The van der Waals surface area contributed by atoms with Crippen LogP contribution in [0.2, 0.25) is 0 Å². The Hall–Kier alpha value is -1.25. The highest BCUT2D eigenvalue weighted by molar-refractivity contribution is 5.85. The molecule has 70 valence electrons. The van der Waals surface area contributed by atoms with Crippen LogP contribution in [0.4, 0.5) is 0 Å². The third kappa shape index (κ3) is 1.46. The van der Waals surface area contributed by atoms with E-state index in [1.54, 1.807) is 12.2 Å². The second-order valence-corrected chi connectivity index (χ2v) is 3.56. The van der Waals surface area contributed by atoms with Gasteiger partial charge in [-0.25, -0.2) is 0 Å². The van der Waals surface area contributed by atoms with E-state index in [9.17, 15) is 9.90 Å². The molecule has 1 N–H and O–H groups in total. The third-order valence-electron chi connectivity index (χ3n) is 2.41. The van der Waals surface area contributed by atoms with Crippen LogP contribution < -0.4 is 0 Å². The third-order valence-corrected chi connectivity index (χ3v) is 2.41. The summed E-state index contributed by atoms with van der Waals surface area (Å²) in [5.41, 5.74) is 0. The van der Waals surface area contributed by atoms with E-state index in [1.807, 2.05) is 6.92 Å². The molecule has 0 unspecified atom stereocenters. The van der Waals surface area contributed by atoms with E-state index in [1.165, 1.54) is 0 Å². The van der Waals surface area contributed by atoms with E-state index in [-0.39, 0.29) is 23.6 Å². The zero-order chi connectivity index (χ0) is 9.42. The number of carbonyl (C=O) groups excluding carboxylic acids is 1. The average Bonchev–Trinajstić information content (AvgIpc) is 2.02. The highest BCUT2D eigenvalue weighted by atomic mass is 16.5. The Balaban J connectivity index is 2.26. The van der Waals surface area contributed by atoms with Crippen LogP contribution in [0.15, 0.2) is 23.7 Å². The molecule has 1 fully saturated rings. The summed E-state index contributed by atoms with van der Waals surface area (Å²) in [6, 6.07) is 0. The largest absolute Gasteiger partial charge is 0.508 e. The van der Waals surface area contributed by atoms with Gasteiger partial charge in [0.25, 0.3) is 0 Å². The normalized spacial score (nSPS) is 32.8. The van der Waals surface area contributed by atoms with Gasteiger partial charge < -0.3 is 9.84 Å². The minimum Gasteiger partial charge on any atom is -0.508 e. The molecule has 0 bridgehead atoms. The van der Waals surface area contributed by atoms with Gasteiger partial charge >= 0.3 is 0 Å². The molecule has 0 spiro atoms. The van der Waals surface area contributed by atoms with Gasteiger partial charge in [-0.1, -0.05) is 0 Å². The molecule has 2 atom stereocenters. The smallest absolute Gasteiger partial charge is 0.147 e. The molecule has 0 saturated carbocycles. The second kappa shape index (κ2) is 2.91. The Morgan fingerprint density at radius 2 is 2.38 bits per heavy atom. The van der Waals surface area contributed by atoms with Gasteiger partial charge in [-0.3, -0.25) is 4.79 Å². The van der Waals surface area contributed by atoms with E-state index >= 15 is 0 Å². The van der Waals surface area contributed by atoms with Gasteiger partial charge in [0.15, 0.2) is 0 Å². The summed E-state index contributed by atoms with van der Waals surface area (Å²) < 4.78 is 5.47. The predicted octanol–water partition coefficient (Wildman–Crippen LogP) is 1.71. The highest BCUT2D eigenvalue weighted by Crippen LogP contribution is 2.31. The number of ether oxygens (including phenoxy) is 1. The first-order chi connectivity index (χ1) is 6.16. The van der Waals surface area contributed by atoms with Gasteiger partial charge in [0.2, 0.25) is 0 Å². The van der Waals surface area contributed by atoms with Crippen molar-refractivity contribution in [1.82, 2.24) is 0 Å². The maximum atomic E-state index is 11.5. The predicted molar refractivity (Wildman–Crippen MR) is 47.1 cm³/mol. The molecule has 3 heteroatoms. The Kier molecular flexibility index (Phi) is 1.87. The number of hydrogen-bond donors (Lipinski definition) is 1. The molecular weight excluding hydrogens is 168 g/mol. The molecular formula is C10H12O3. The number of allylic oxidation sites excluding steroid dienone is 3. The first kappa shape index (κ1) is 8.35. The van der Waals surface area contributed by atoms with Crippen molar-refractivity contribution in [2.45, 2.75) is 25.9 Å². The molecule has 0 amide bonds. The SMILES string of the molecule is C[C@@H]1CC(=O)[C@@H]2CC=C(O)C=C2O1. The molecule has 2 rings (SSSR count). The summed E-state index contributed by atoms with van der Waals surface area (Å²) in [5.74, 6) is 0.901. The molecule has 0 aromatic heterocycles. The molecule has 13 heavy (non-hydrogen) atoms. The van der Waals surface area contributed by atoms with E-state index < -0.39 is 0 Å². The first-order valence-corrected chi connectivity index (χ1v) is 4.47. The Bertz CT molecular complexity index is 301. The molecule has 1 heterocycles. The number of hydrogen-bond acceptors (Lipinski definition) is 3. The summed E-state index contributed by atoms with van der Waals surface area (Å²) in [6.07, 6.45) is 4.20. The lowest BCUT2D eigenvalue weighted by Gasteiger charge is -2.30. The highest BCUT2D eigenvalue weighted by Gasteiger charge is 2.33. The van der Waals surface area contributed by atoms with Crippen LogP contribution in [0.25, 0.3) is 0 Å². The summed E-state index contributed by atoms with van der Waals surface area (Å²) in [4.78, 5) is 11.5. The zero-order valence-electron chi connectivity index (χ0n) is 7.49. The van der Waals surface area contributed by atoms with Crippen molar-refractivity contribution < 1.29 is 14.6 Å². The van der Waals surface area contributed by atoms with Crippen LogP contribution in [-0.4, -0.2) is 17.0 Å². The Morgan fingerprint density at radius 3 is 3.15 bits per heavy atom. The molecule has 1 aliphatic carbocycles. The Labute approximate surface area is 76.7 Å². The Morgan fingerprint density at radius 1 is 1.62 bits per heavy atom. The second-order valence-electron chi connectivity index (χ2n) is 3.56. The summed E-state index contributed by atoms with van der Waals surface area (Å²) in [7, 11) is 0. The van der Waals surface area contributed by atoms with Gasteiger partial charge in [-0.2, -0.15) is 0 Å². The van der Waals surface area contributed by atoms with Crippen molar-refractivity contribution in [3.63, 3.8) is 0 Å². The fourth-order valence-electron chi connectivity index (χ4n) is 1.77. The van der Waals surface area contributed by atoms with Gasteiger partial charge in [0, 0.05) is 12.5 Å². The molecule has 3 nitrogen and oxygen atoms in total. The molecule has 1 aliphatic heterocycles. The molecule has 0 aromatic rings. The van der Waals surface area contributed by atoms with Crippen LogP contribution in [0, 0.1) is 5.92 Å². The summed E-state index contributed by atoms with van der Waals surface area (Å²) in [5, 5.41) is 9.21. The number of carbonyl (C=O) groups is 1. The quantitative estimate of drug-likeness (QED) is 0.617. The van der Waals surface area contributed by atoms with Crippen molar-refractivity contribution in [2.75, 3.05) is 0 Å². The number of rotatable bonds is 0. The number of aliphatic hydroxyl groups excluding tert-OH is 1. The minimum atomic E-state index is -0.146. The topological polar surface area (TPSA) is 46.5 Å². The van der Waals surface area contributed by atoms with Gasteiger partial charge in [-0.05, 0) is 19.4 Å². The minimum absolute atomic E-state index is 0.0547. The summed E-state index contributed by atoms with van der Waals surface area (Å²) in [6.45, 7) is 1.87. The van der Waals surface area contributed by atoms with Gasteiger partial charge in [-0.15, -0.1) is 0 Å². The maximum absolute atomic E-state index is 11.5. The first-order valence-electron chi connectivity index (χ1n) is 4.47. The van der Waals surface area contributed by atoms with Gasteiger partial charge in [0.05, 0.1) is 5.92 Å². The van der Waals surface area contributed by atoms with E-state index in [2.05, 4.69) is 0 Å². The lowest BCUT2D eigenvalue weighted by atomic mass is 9.88. The fraction of sp³-hybridized carbons (Fsp3) is 0.500. The fourth-order valence-corrected chi connectivity index (χ4v) is 1.77. The van der Waals surface area contributed by atoms with Crippen LogP contribution in [0.5, 0.6) is 0 Å². The number of Topliss-reactive ketones (excluding diaryl/α,β-unsaturated/α-hetero) is 1. The standard InChI is InChI=1S/C10H12O3/c1-6-4-9(12)8-3-2-7(11)5-10(8)13-6/h2,5-6,8,11H,3-4H2,1H3/t6-,8+/m1/s1. The van der Waals surface area contributed by atoms with Crippen molar-refractivity contribution in [3.8, 4) is 0 Å². The van der Waals surface area contributed by atoms with Crippen LogP contribution in [0.3, 0.4) is 0 Å². The molecule has 1 saturated heterocycles. The van der Waals surface area contributed by atoms with E-state index in [0.29, 0.717) is 18.6 Å². The molecule has 0 aromatic carbocycles. The number of fused-ring (bicyclic) bond motifs is 1. The summed E-state index contributed by atoms with van der Waals surface area (Å²) >= 11 is 0. The van der Waals surface area contributed by atoms with Gasteiger partial charge in [0.1, 0.15) is 23.4 Å². The monoisotopic (exact) mass is 180 g/mol. The maximum Gasteiger partial charge on any atom is 0.147 e. The number of ketones is 1. The lowest BCUT2D eigenvalue weighted by molar-refractivity contribution is -0.129. The average molecular weight is 180 g/mol. The van der Waals surface area contributed by atoms with Crippen LogP contribution in [0.1, 0.15) is 19.8 Å². The lowest BCUT2D eigenvalue weighted by Crippen LogP contribution is -2.31.